The van der Waals surface area contributed by atoms with Crippen LogP contribution in [0.3, 0.4) is 0 Å². The predicted octanol–water partition coefficient (Wildman–Crippen LogP) is 0.362. The Balaban J connectivity index is 2.41. The molecule has 0 aliphatic carbocycles. The summed E-state index contributed by atoms with van der Waals surface area (Å²) in [5.41, 5.74) is -0.210. The molecule has 1 saturated heterocycles. The molecule has 0 unspecified atom stereocenters. The van der Waals surface area contributed by atoms with E-state index in [0.717, 1.165) is 25.9 Å². The van der Waals surface area contributed by atoms with E-state index in [2.05, 4.69) is 10.0 Å². The van der Waals surface area contributed by atoms with Gasteiger partial charge in [0.2, 0.25) is 0 Å². The molecule has 1 aliphatic rings. The molecular formula is C9H18F3N3O2S. The Hall–Kier alpha value is -0.380. The van der Waals surface area contributed by atoms with E-state index in [1.807, 2.05) is 6.92 Å². The van der Waals surface area contributed by atoms with E-state index in [1.165, 1.54) is 4.72 Å². The minimum absolute atomic E-state index is 0.141. The van der Waals surface area contributed by atoms with Crippen LogP contribution in [0.25, 0.3) is 0 Å². The van der Waals surface area contributed by atoms with Gasteiger partial charge < -0.3 is 5.32 Å². The van der Waals surface area contributed by atoms with Crippen molar-refractivity contribution in [2.24, 2.45) is 5.41 Å². The van der Waals surface area contributed by atoms with Crippen molar-refractivity contribution in [1.29, 1.82) is 0 Å². The summed E-state index contributed by atoms with van der Waals surface area (Å²) in [5, 5.41) is 3.14. The van der Waals surface area contributed by atoms with E-state index in [1.54, 1.807) is 0 Å². The lowest BCUT2D eigenvalue weighted by Crippen LogP contribution is -2.47. The molecule has 1 aliphatic heterocycles. The van der Waals surface area contributed by atoms with Crippen LogP contribution >= 0.6 is 0 Å². The van der Waals surface area contributed by atoms with Gasteiger partial charge in [-0.3, -0.25) is 0 Å². The van der Waals surface area contributed by atoms with Crippen molar-refractivity contribution in [3.05, 3.63) is 0 Å². The standard InChI is InChI=1S/C9H18F3N3O2S/c1-8(2-4-13-5-3-8)6-14-18(16,17)15-7-9(10,11)12/h13-15H,2-7H2,1H3. The van der Waals surface area contributed by atoms with Gasteiger partial charge in [-0.2, -0.15) is 26.3 Å². The highest BCUT2D eigenvalue weighted by atomic mass is 32.2. The van der Waals surface area contributed by atoms with Crippen LogP contribution in [0.2, 0.25) is 0 Å². The fraction of sp³-hybridized carbons (Fsp3) is 1.00. The molecule has 0 radical (unpaired) electrons. The van der Waals surface area contributed by atoms with E-state index in [9.17, 15) is 21.6 Å². The van der Waals surface area contributed by atoms with Crippen molar-refractivity contribution < 1.29 is 21.6 Å². The minimum atomic E-state index is -4.55. The van der Waals surface area contributed by atoms with Gasteiger partial charge in [0, 0.05) is 6.54 Å². The van der Waals surface area contributed by atoms with Crippen molar-refractivity contribution in [1.82, 2.24) is 14.8 Å². The smallest absolute Gasteiger partial charge is 0.317 e. The van der Waals surface area contributed by atoms with E-state index in [0.29, 0.717) is 0 Å². The highest BCUT2D eigenvalue weighted by Gasteiger charge is 2.31. The number of piperidine rings is 1. The average Bonchev–Trinajstić information content (AvgIpc) is 2.25. The van der Waals surface area contributed by atoms with Crippen molar-refractivity contribution in [3.8, 4) is 0 Å². The molecule has 18 heavy (non-hydrogen) atoms. The van der Waals surface area contributed by atoms with Gasteiger partial charge in [0.1, 0.15) is 6.54 Å². The van der Waals surface area contributed by atoms with Crippen LogP contribution in [0.4, 0.5) is 13.2 Å². The number of alkyl halides is 3. The molecule has 0 aromatic rings. The van der Waals surface area contributed by atoms with Gasteiger partial charge >= 0.3 is 6.18 Å². The molecular weight excluding hydrogens is 271 g/mol. The Morgan fingerprint density at radius 2 is 1.78 bits per heavy atom. The third kappa shape index (κ3) is 5.98. The largest absolute Gasteiger partial charge is 0.402 e. The second kappa shape index (κ2) is 5.72. The first-order valence-corrected chi connectivity index (χ1v) is 7.12. The Labute approximate surface area is 105 Å². The molecule has 0 amide bonds. The summed E-state index contributed by atoms with van der Waals surface area (Å²) in [6, 6.07) is 0. The summed E-state index contributed by atoms with van der Waals surface area (Å²) in [4.78, 5) is 0. The Morgan fingerprint density at radius 1 is 1.22 bits per heavy atom. The second-order valence-electron chi connectivity index (χ2n) is 4.82. The molecule has 1 fully saturated rings. The van der Waals surface area contributed by atoms with E-state index in [-0.39, 0.29) is 12.0 Å². The predicted molar refractivity (Wildman–Crippen MR) is 61.2 cm³/mol. The van der Waals surface area contributed by atoms with Gasteiger partial charge in [0.25, 0.3) is 10.2 Å². The van der Waals surface area contributed by atoms with Crippen LogP contribution < -0.4 is 14.8 Å². The molecule has 9 heteroatoms. The van der Waals surface area contributed by atoms with Crippen molar-refractivity contribution in [3.63, 3.8) is 0 Å². The molecule has 1 rings (SSSR count). The van der Waals surface area contributed by atoms with Crippen molar-refractivity contribution in [2.75, 3.05) is 26.2 Å². The lowest BCUT2D eigenvalue weighted by Gasteiger charge is -2.34. The Bertz CT molecular complexity index is 364. The summed E-state index contributed by atoms with van der Waals surface area (Å²) in [7, 11) is -4.09. The lowest BCUT2D eigenvalue weighted by atomic mass is 9.81. The first-order chi connectivity index (χ1) is 8.12. The van der Waals surface area contributed by atoms with Crippen LogP contribution in [0.15, 0.2) is 0 Å². The highest BCUT2D eigenvalue weighted by Crippen LogP contribution is 2.26. The molecule has 5 nitrogen and oxygen atoms in total. The zero-order valence-electron chi connectivity index (χ0n) is 10.1. The third-order valence-corrected chi connectivity index (χ3v) is 4.01. The zero-order chi connectivity index (χ0) is 13.9. The first-order valence-electron chi connectivity index (χ1n) is 5.64. The number of hydrogen-bond acceptors (Lipinski definition) is 3. The molecule has 0 aromatic heterocycles. The Morgan fingerprint density at radius 3 is 2.28 bits per heavy atom. The summed E-state index contributed by atoms with van der Waals surface area (Å²) in [6.07, 6.45) is -2.98. The fourth-order valence-corrected chi connectivity index (χ4v) is 2.70. The van der Waals surface area contributed by atoms with Crippen LogP contribution in [0, 0.1) is 5.41 Å². The van der Waals surface area contributed by atoms with Gasteiger partial charge in [-0.15, -0.1) is 0 Å². The molecule has 0 bridgehead atoms. The summed E-state index contributed by atoms with van der Waals surface area (Å²) >= 11 is 0. The molecule has 0 atom stereocenters. The van der Waals surface area contributed by atoms with Gasteiger partial charge in [0.15, 0.2) is 0 Å². The highest BCUT2D eigenvalue weighted by molar-refractivity contribution is 7.87. The van der Waals surface area contributed by atoms with Crippen molar-refractivity contribution in [2.45, 2.75) is 25.9 Å². The minimum Gasteiger partial charge on any atom is -0.317 e. The zero-order valence-corrected chi connectivity index (χ0v) is 10.9. The maximum atomic E-state index is 11.9. The van der Waals surface area contributed by atoms with Gasteiger partial charge in [-0.05, 0) is 31.3 Å². The molecule has 3 N–H and O–H groups in total. The van der Waals surface area contributed by atoms with E-state index < -0.39 is 22.9 Å². The van der Waals surface area contributed by atoms with Gasteiger partial charge in [-0.1, -0.05) is 6.92 Å². The van der Waals surface area contributed by atoms with Crippen LogP contribution in [-0.4, -0.2) is 40.8 Å². The maximum Gasteiger partial charge on any atom is 0.402 e. The molecule has 1 heterocycles. The third-order valence-electron chi connectivity index (χ3n) is 2.96. The Kier molecular flexibility index (Phi) is 4.98. The summed E-state index contributed by atoms with van der Waals surface area (Å²) in [5.74, 6) is 0. The van der Waals surface area contributed by atoms with Gasteiger partial charge in [0.05, 0.1) is 0 Å². The van der Waals surface area contributed by atoms with Crippen molar-refractivity contribution >= 4 is 10.2 Å². The quantitative estimate of drug-likeness (QED) is 0.684. The molecule has 0 aromatic carbocycles. The lowest BCUT2D eigenvalue weighted by molar-refractivity contribution is -0.121. The van der Waals surface area contributed by atoms with E-state index in [4.69, 9.17) is 0 Å². The monoisotopic (exact) mass is 289 g/mol. The number of nitrogens with one attached hydrogen (secondary N) is 3. The second-order valence-corrected chi connectivity index (χ2v) is 6.41. The van der Waals surface area contributed by atoms with Gasteiger partial charge in [-0.25, -0.2) is 4.72 Å². The SMILES string of the molecule is CC1(CNS(=O)(=O)NCC(F)(F)F)CCNCC1. The number of hydrogen-bond donors (Lipinski definition) is 3. The summed E-state index contributed by atoms with van der Waals surface area (Å²) in [6.45, 7) is 2.07. The molecule has 108 valence electrons. The molecule has 0 saturated carbocycles. The topological polar surface area (TPSA) is 70.2 Å². The summed E-state index contributed by atoms with van der Waals surface area (Å²) < 4.78 is 62.0. The van der Waals surface area contributed by atoms with Crippen LogP contribution in [0.5, 0.6) is 0 Å². The van der Waals surface area contributed by atoms with Crippen LogP contribution in [0.1, 0.15) is 19.8 Å². The van der Waals surface area contributed by atoms with Crippen LogP contribution in [-0.2, 0) is 10.2 Å². The maximum absolute atomic E-state index is 11.9. The normalized spacial score (nSPS) is 20.9. The van der Waals surface area contributed by atoms with E-state index >= 15 is 0 Å². The fourth-order valence-electron chi connectivity index (χ4n) is 1.70. The first kappa shape index (κ1) is 15.7. The number of rotatable bonds is 5. The molecule has 0 spiro atoms. The number of halogens is 3. The average molecular weight is 289 g/mol.